The smallest absolute Gasteiger partial charge is 0.266 e. The average molecular weight is 448 g/mol. The highest BCUT2D eigenvalue weighted by atomic mass is 32.1. The van der Waals surface area contributed by atoms with E-state index in [0.29, 0.717) is 28.2 Å². The molecular weight excluding hydrogens is 422 g/mol. The van der Waals surface area contributed by atoms with Crippen LogP contribution in [0.3, 0.4) is 0 Å². The number of carbonyl (C=O) groups is 2. The number of rotatable bonds is 7. The maximum atomic E-state index is 13.2. The Morgan fingerprint density at radius 1 is 1.09 bits per heavy atom. The maximum absolute atomic E-state index is 13.2. The van der Waals surface area contributed by atoms with Crippen LogP contribution >= 0.6 is 11.3 Å². The molecule has 4 rings (SSSR count). The van der Waals surface area contributed by atoms with Crippen LogP contribution in [0, 0.1) is 0 Å². The lowest BCUT2D eigenvalue weighted by molar-refractivity contribution is -0.118. The maximum Gasteiger partial charge on any atom is 0.266 e. The van der Waals surface area contributed by atoms with Gasteiger partial charge in [0.05, 0.1) is 16.3 Å². The summed E-state index contributed by atoms with van der Waals surface area (Å²) in [4.78, 5) is 26.2. The lowest BCUT2D eigenvalue weighted by Gasteiger charge is -2.25. The zero-order valence-electron chi connectivity index (χ0n) is 17.9. The highest BCUT2D eigenvalue weighted by Crippen LogP contribution is 2.29. The van der Waals surface area contributed by atoms with Crippen molar-refractivity contribution < 1.29 is 9.59 Å². The van der Waals surface area contributed by atoms with Crippen molar-refractivity contribution in [2.75, 3.05) is 10.6 Å². The molecule has 0 aliphatic carbocycles. The van der Waals surface area contributed by atoms with Gasteiger partial charge in [0.2, 0.25) is 5.91 Å². The Bertz CT molecular complexity index is 1230. The van der Waals surface area contributed by atoms with Gasteiger partial charge in [-0.25, -0.2) is 0 Å². The third-order valence-electron chi connectivity index (χ3n) is 5.06. The molecule has 2 aromatic carbocycles. The van der Waals surface area contributed by atoms with E-state index in [1.807, 2.05) is 61.7 Å². The third kappa shape index (κ3) is 5.04. The number of aromatic nitrogens is 2. The molecule has 7 nitrogen and oxygen atoms in total. The van der Waals surface area contributed by atoms with Crippen LogP contribution in [-0.2, 0) is 4.79 Å². The molecule has 2 amide bonds. The van der Waals surface area contributed by atoms with Crippen molar-refractivity contribution >= 4 is 45.6 Å². The van der Waals surface area contributed by atoms with Crippen molar-refractivity contribution in [1.82, 2.24) is 10.2 Å². The highest BCUT2D eigenvalue weighted by molar-refractivity contribution is 7.12. The van der Waals surface area contributed by atoms with Gasteiger partial charge in [0.15, 0.2) is 5.82 Å². The lowest BCUT2D eigenvalue weighted by atomic mass is 9.86. The number of benzene rings is 2. The summed E-state index contributed by atoms with van der Waals surface area (Å²) in [6, 6.07) is 18.6. The molecule has 0 spiro atoms. The Morgan fingerprint density at radius 3 is 2.56 bits per heavy atom. The van der Waals surface area contributed by atoms with E-state index in [-0.39, 0.29) is 11.8 Å². The van der Waals surface area contributed by atoms with Crippen molar-refractivity contribution in [2.24, 2.45) is 5.73 Å². The lowest BCUT2D eigenvalue weighted by Crippen LogP contribution is -2.37. The highest BCUT2D eigenvalue weighted by Gasteiger charge is 2.27. The molecule has 0 radical (unpaired) electrons. The zero-order chi connectivity index (χ0) is 22.7. The topological polar surface area (TPSA) is 113 Å². The summed E-state index contributed by atoms with van der Waals surface area (Å²) in [6.07, 6.45) is 0.499. The minimum Gasteiger partial charge on any atom is -0.326 e. The molecule has 0 fully saturated rings. The summed E-state index contributed by atoms with van der Waals surface area (Å²) in [5.41, 5.74) is 8.02. The summed E-state index contributed by atoms with van der Waals surface area (Å²) in [7, 11) is 0. The van der Waals surface area contributed by atoms with Crippen LogP contribution in [-0.4, -0.2) is 27.6 Å². The number of thiophene rings is 1. The van der Waals surface area contributed by atoms with E-state index < -0.39 is 11.5 Å². The molecule has 0 aliphatic rings. The van der Waals surface area contributed by atoms with E-state index in [1.165, 1.54) is 11.3 Å². The predicted octanol–water partition coefficient (Wildman–Crippen LogP) is 4.73. The minimum atomic E-state index is -0.508. The van der Waals surface area contributed by atoms with Crippen LogP contribution in [0.15, 0.2) is 66.0 Å². The Labute approximate surface area is 190 Å². The van der Waals surface area contributed by atoms with Crippen LogP contribution in [0.1, 0.15) is 41.4 Å². The van der Waals surface area contributed by atoms with Gasteiger partial charge in [0, 0.05) is 16.6 Å². The zero-order valence-corrected chi connectivity index (χ0v) is 18.7. The van der Waals surface area contributed by atoms with Crippen molar-refractivity contribution in [1.29, 1.82) is 0 Å². The number of carbonyl (C=O) groups excluding carboxylic acids is 2. The van der Waals surface area contributed by atoms with Gasteiger partial charge in [0.1, 0.15) is 0 Å². The summed E-state index contributed by atoms with van der Waals surface area (Å²) < 4.78 is 0. The normalized spacial score (nSPS) is 12.5. The van der Waals surface area contributed by atoms with E-state index in [4.69, 9.17) is 5.73 Å². The number of hydrogen-bond acceptors (Lipinski definition) is 5. The predicted molar refractivity (Wildman–Crippen MR) is 129 cm³/mol. The molecule has 2 aromatic heterocycles. The fourth-order valence-corrected chi connectivity index (χ4v) is 4.19. The number of fused-ring (bicyclic) bond motifs is 1. The summed E-state index contributed by atoms with van der Waals surface area (Å²) in [5, 5.41) is 15.5. The second kappa shape index (κ2) is 8.94. The number of anilines is 2. The molecule has 0 aliphatic heterocycles. The number of nitrogens with one attached hydrogen (secondary N) is 3. The first-order chi connectivity index (χ1) is 15.3. The first-order valence-electron chi connectivity index (χ1n) is 10.3. The first kappa shape index (κ1) is 21.7. The monoisotopic (exact) mass is 447 g/mol. The molecule has 1 atom stereocenters. The third-order valence-corrected chi connectivity index (χ3v) is 5.92. The molecule has 8 heteroatoms. The first-order valence-corrected chi connectivity index (χ1v) is 11.2. The van der Waals surface area contributed by atoms with Gasteiger partial charge >= 0.3 is 0 Å². The summed E-state index contributed by atoms with van der Waals surface area (Å²) in [5.74, 6) is -0.342. The molecule has 4 aromatic rings. The van der Waals surface area contributed by atoms with Crippen LogP contribution in [0.5, 0.6) is 0 Å². The number of aromatic amines is 1. The molecule has 1 unspecified atom stereocenters. The number of amides is 2. The molecular formula is C24H25N5O2S. The molecule has 32 heavy (non-hydrogen) atoms. The Morgan fingerprint density at radius 2 is 1.88 bits per heavy atom. The molecule has 0 saturated heterocycles. The van der Waals surface area contributed by atoms with Gasteiger partial charge in [0.25, 0.3) is 5.91 Å². The van der Waals surface area contributed by atoms with Crippen molar-refractivity contribution in [2.45, 2.75) is 31.7 Å². The molecule has 5 N–H and O–H groups in total. The van der Waals surface area contributed by atoms with Gasteiger partial charge in [-0.3, -0.25) is 14.7 Å². The molecule has 164 valence electrons. The average Bonchev–Trinajstić information content (AvgIpc) is 3.43. The second-order valence-electron chi connectivity index (χ2n) is 8.41. The quantitative estimate of drug-likeness (QED) is 0.328. The van der Waals surface area contributed by atoms with Gasteiger partial charge in [-0.2, -0.15) is 5.10 Å². The van der Waals surface area contributed by atoms with Crippen molar-refractivity contribution in [3.63, 3.8) is 0 Å². The Balaban J connectivity index is 1.57. The van der Waals surface area contributed by atoms with Crippen molar-refractivity contribution in [3.8, 4) is 0 Å². The number of nitrogens with two attached hydrogens (primary N) is 1. The summed E-state index contributed by atoms with van der Waals surface area (Å²) >= 11 is 1.36. The molecule has 0 saturated carbocycles. The van der Waals surface area contributed by atoms with E-state index in [2.05, 4.69) is 20.8 Å². The minimum absolute atomic E-state index is 0.137. The Kier molecular flexibility index (Phi) is 6.07. The fourth-order valence-electron chi connectivity index (χ4n) is 3.57. The number of nitrogens with zero attached hydrogens (tertiary/aromatic N) is 1. The van der Waals surface area contributed by atoms with Crippen LogP contribution < -0.4 is 16.4 Å². The largest absolute Gasteiger partial charge is 0.326 e. The van der Waals surface area contributed by atoms with Gasteiger partial charge in [-0.05, 0) is 55.5 Å². The van der Waals surface area contributed by atoms with Crippen LogP contribution in [0.25, 0.3) is 10.9 Å². The molecule has 0 bridgehead atoms. The van der Waals surface area contributed by atoms with E-state index in [9.17, 15) is 9.59 Å². The second-order valence-corrected chi connectivity index (χ2v) is 9.36. The van der Waals surface area contributed by atoms with Gasteiger partial charge in [-0.15, -0.1) is 11.3 Å². The fraction of sp³-hybridized carbons (Fsp3) is 0.208. The number of hydrogen-bond donors (Lipinski definition) is 4. The SMILES string of the molecule is CC(C)(N)CC(C(=O)Nc1ccc2[nH]nc(NC(=O)c3cccs3)c2c1)c1ccccc1. The van der Waals surface area contributed by atoms with E-state index in [1.54, 1.807) is 18.2 Å². The van der Waals surface area contributed by atoms with Gasteiger partial charge in [-0.1, -0.05) is 36.4 Å². The Hall–Kier alpha value is -3.49. The van der Waals surface area contributed by atoms with Gasteiger partial charge < -0.3 is 16.4 Å². The van der Waals surface area contributed by atoms with Crippen LogP contribution in [0.4, 0.5) is 11.5 Å². The van der Waals surface area contributed by atoms with E-state index >= 15 is 0 Å². The van der Waals surface area contributed by atoms with E-state index in [0.717, 1.165) is 11.1 Å². The standard InChI is InChI=1S/C24H25N5O2S/c1-24(2,25)14-18(15-7-4-3-5-8-15)22(30)26-16-10-11-19-17(13-16)21(29-28-19)27-23(31)20-9-6-12-32-20/h3-13,18H,14,25H2,1-2H3,(H,26,30)(H2,27,28,29,31). The number of H-pyrrole nitrogens is 1. The summed E-state index contributed by atoms with van der Waals surface area (Å²) in [6.45, 7) is 3.83. The molecule has 2 heterocycles. The van der Waals surface area contributed by atoms with Crippen LogP contribution in [0.2, 0.25) is 0 Å². The van der Waals surface area contributed by atoms with Crippen molar-refractivity contribution in [3.05, 3.63) is 76.5 Å².